The van der Waals surface area contributed by atoms with Gasteiger partial charge in [-0.25, -0.2) is 8.78 Å². The zero-order valence-electron chi connectivity index (χ0n) is 13.3. The van der Waals surface area contributed by atoms with E-state index >= 15 is 0 Å². The van der Waals surface area contributed by atoms with Gasteiger partial charge in [-0.1, -0.05) is 22.8 Å². The van der Waals surface area contributed by atoms with Crippen LogP contribution in [0, 0.1) is 11.6 Å². The fourth-order valence-electron chi connectivity index (χ4n) is 2.92. The Labute approximate surface area is 152 Å². The fourth-order valence-corrected chi connectivity index (χ4v) is 3.09. The van der Waals surface area contributed by atoms with Crippen molar-refractivity contribution in [2.45, 2.75) is 12.3 Å². The molecule has 0 saturated carbocycles. The molecule has 0 bridgehead atoms. The fraction of sp³-hybridized carbons (Fsp3) is 0.167. The number of benzene rings is 2. The van der Waals surface area contributed by atoms with E-state index in [1.54, 1.807) is 6.07 Å². The van der Waals surface area contributed by atoms with Crippen LogP contribution >= 0.6 is 11.6 Å². The van der Waals surface area contributed by atoms with Crippen LogP contribution < -0.4 is 4.90 Å². The normalized spacial score (nSPS) is 17.1. The van der Waals surface area contributed by atoms with Gasteiger partial charge in [-0.2, -0.15) is 4.98 Å². The third-order valence-corrected chi connectivity index (χ3v) is 4.53. The van der Waals surface area contributed by atoms with E-state index in [9.17, 15) is 13.6 Å². The first-order valence-corrected chi connectivity index (χ1v) is 8.24. The average Bonchev–Trinajstić information content (AvgIpc) is 3.25. The van der Waals surface area contributed by atoms with Gasteiger partial charge in [0.15, 0.2) is 5.82 Å². The second-order valence-electron chi connectivity index (χ2n) is 5.94. The van der Waals surface area contributed by atoms with Gasteiger partial charge < -0.3 is 9.42 Å². The molecule has 3 aromatic rings. The first kappa shape index (κ1) is 16.7. The van der Waals surface area contributed by atoms with Gasteiger partial charge in [0.25, 0.3) is 0 Å². The zero-order chi connectivity index (χ0) is 18.3. The quantitative estimate of drug-likeness (QED) is 0.688. The molecule has 0 spiro atoms. The summed E-state index contributed by atoms with van der Waals surface area (Å²) in [6.07, 6.45) is 0.122. The van der Waals surface area contributed by atoms with Gasteiger partial charge in [-0.05, 0) is 36.4 Å². The molecule has 0 aliphatic carbocycles. The van der Waals surface area contributed by atoms with E-state index in [0.29, 0.717) is 11.4 Å². The molecule has 0 N–H and O–H groups in total. The number of halogens is 3. The van der Waals surface area contributed by atoms with Crippen molar-refractivity contribution in [2.75, 3.05) is 11.4 Å². The summed E-state index contributed by atoms with van der Waals surface area (Å²) in [4.78, 5) is 17.9. The predicted molar refractivity (Wildman–Crippen MR) is 90.8 cm³/mol. The average molecular weight is 376 g/mol. The lowest BCUT2D eigenvalue weighted by molar-refractivity contribution is -0.117. The van der Waals surface area contributed by atoms with E-state index in [4.69, 9.17) is 16.1 Å². The van der Waals surface area contributed by atoms with Crippen LogP contribution in [0.1, 0.15) is 18.2 Å². The van der Waals surface area contributed by atoms with Crippen LogP contribution in [0.2, 0.25) is 5.02 Å². The van der Waals surface area contributed by atoms with E-state index in [2.05, 4.69) is 10.1 Å². The molecule has 0 radical (unpaired) electrons. The highest BCUT2D eigenvalue weighted by molar-refractivity contribution is 6.31. The van der Waals surface area contributed by atoms with Crippen LogP contribution in [0.3, 0.4) is 0 Å². The van der Waals surface area contributed by atoms with Crippen LogP contribution in [0.15, 0.2) is 47.0 Å². The van der Waals surface area contributed by atoms with Crippen molar-refractivity contribution in [2.24, 2.45) is 0 Å². The molecule has 2 heterocycles. The molecule has 5 nitrogen and oxygen atoms in total. The van der Waals surface area contributed by atoms with Crippen LogP contribution in [-0.2, 0) is 4.79 Å². The summed E-state index contributed by atoms with van der Waals surface area (Å²) < 4.78 is 32.5. The maximum atomic E-state index is 14.2. The van der Waals surface area contributed by atoms with Crippen LogP contribution in [0.4, 0.5) is 14.5 Å². The van der Waals surface area contributed by atoms with E-state index in [-0.39, 0.29) is 47.2 Å². The number of hydrogen-bond donors (Lipinski definition) is 0. The smallest absolute Gasteiger partial charge is 0.232 e. The molecule has 4 rings (SSSR count). The maximum absolute atomic E-state index is 14.2. The number of hydrogen-bond acceptors (Lipinski definition) is 4. The maximum Gasteiger partial charge on any atom is 0.232 e. The minimum absolute atomic E-state index is 0.0462. The van der Waals surface area contributed by atoms with Gasteiger partial charge in [-0.15, -0.1) is 0 Å². The molecule has 1 amide bonds. The lowest BCUT2D eigenvalue weighted by Crippen LogP contribution is -2.25. The number of amides is 1. The largest absolute Gasteiger partial charge is 0.339 e. The molecule has 26 heavy (non-hydrogen) atoms. The van der Waals surface area contributed by atoms with E-state index in [1.165, 1.54) is 41.3 Å². The molecular weight excluding hydrogens is 364 g/mol. The van der Waals surface area contributed by atoms with Crippen molar-refractivity contribution in [3.05, 3.63) is 65.0 Å². The summed E-state index contributed by atoms with van der Waals surface area (Å²) in [5, 5.41) is 3.84. The van der Waals surface area contributed by atoms with E-state index in [0.717, 1.165) is 0 Å². The van der Waals surface area contributed by atoms with Gasteiger partial charge in [0.1, 0.15) is 5.82 Å². The molecule has 1 aliphatic heterocycles. The van der Waals surface area contributed by atoms with Crippen molar-refractivity contribution >= 4 is 23.2 Å². The number of anilines is 1. The molecule has 8 heteroatoms. The summed E-state index contributed by atoms with van der Waals surface area (Å²) in [6.45, 7) is 0.209. The Morgan fingerprint density at radius 1 is 1.15 bits per heavy atom. The Morgan fingerprint density at radius 3 is 2.69 bits per heavy atom. The standard InChI is InChI=1S/C18H12ClF2N3O2/c19-13-2-1-3-14(16(13)21)24-9-11(8-15(24)25)18-22-17(23-26-18)10-4-6-12(20)7-5-10/h1-7,11H,8-9H2. The highest BCUT2D eigenvalue weighted by Crippen LogP contribution is 2.34. The molecule has 1 saturated heterocycles. The molecule has 1 aromatic heterocycles. The van der Waals surface area contributed by atoms with Gasteiger partial charge in [0, 0.05) is 18.5 Å². The number of aromatic nitrogens is 2. The van der Waals surface area contributed by atoms with Crippen molar-refractivity contribution < 1.29 is 18.1 Å². The Morgan fingerprint density at radius 2 is 1.92 bits per heavy atom. The highest BCUT2D eigenvalue weighted by atomic mass is 35.5. The van der Waals surface area contributed by atoms with Gasteiger partial charge in [0.05, 0.1) is 16.6 Å². The first-order chi connectivity index (χ1) is 12.5. The molecule has 1 unspecified atom stereocenters. The van der Waals surface area contributed by atoms with Crippen molar-refractivity contribution in [3.63, 3.8) is 0 Å². The van der Waals surface area contributed by atoms with E-state index < -0.39 is 5.82 Å². The minimum Gasteiger partial charge on any atom is -0.339 e. The monoisotopic (exact) mass is 375 g/mol. The third-order valence-electron chi connectivity index (χ3n) is 4.24. The molecule has 1 fully saturated rings. The van der Waals surface area contributed by atoms with Crippen LogP contribution in [-0.4, -0.2) is 22.6 Å². The summed E-state index contributed by atoms with van der Waals surface area (Å²) in [6, 6.07) is 10.2. The van der Waals surface area contributed by atoms with Gasteiger partial charge in [0.2, 0.25) is 17.6 Å². The van der Waals surface area contributed by atoms with Crippen LogP contribution in [0.5, 0.6) is 0 Å². The number of nitrogens with zero attached hydrogens (tertiary/aromatic N) is 3. The lowest BCUT2D eigenvalue weighted by Gasteiger charge is -2.17. The Kier molecular flexibility index (Phi) is 4.16. The van der Waals surface area contributed by atoms with E-state index in [1.807, 2.05) is 0 Å². The predicted octanol–water partition coefficient (Wildman–Crippen LogP) is 4.19. The zero-order valence-corrected chi connectivity index (χ0v) is 14.1. The topological polar surface area (TPSA) is 59.2 Å². The Bertz CT molecular complexity index is 975. The van der Waals surface area contributed by atoms with Gasteiger partial charge in [-0.3, -0.25) is 4.79 Å². The molecule has 1 atom stereocenters. The Balaban J connectivity index is 1.58. The van der Waals surface area contributed by atoms with Crippen molar-refractivity contribution in [1.29, 1.82) is 0 Å². The molecule has 132 valence electrons. The summed E-state index contributed by atoms with van der Waals surface area (Å²) in [7, 11) is 0. The Hall–Kier alpha value is -2.80. The summed E-state index contributed by atoms with van der Waals surface area (Å²) in [5.41, 5.74) is 0.728. The summed E-state index contributed by atoms with van der Waals surface area (Å²) in [5.74, 6) is -1.03. The molecule has 2 aromatic carbocycles. The second-order valence-corrected chi connectivity index (χ2v) is 6.35. The van der Waals surface area contributed by atoms with Crippen molar-refractivity contribution in [3.8, 4) is 11.4 Å². The van der Waals surface area contributed by atoms with Gasteiger partial charge >= 0.3 is 0 Å². The number of carbonyl (C=O) groups excluding carboxylic acids is 1. The lowest BCUT2D eigenvalue weighted by atomic mass is 10.1. The van der Waals surface area contributed by atoms with Crippen molar-refractivity contribution in [1.82, 2.24) is 10.1 Å². The second kappa shape index (κ2) is 6.49. The number of rotatable bonds is 3. The van der Waals surface area contributed by atoms with Crippen LogP contribution in [0.25, 0.3) is 11.4 Å². The summed E-state index contributed by atoms with van der Waals surface area (Å²) >= 11 is 5.80. The molecular formula is C18H12ClF2N3O2. The SMILES string of the molecule is O=C1CC(c2nc(-c3ccc(F)cc3)no2)CN1c1cccc(Cl)c1F. The third kappa shape index (κ3) is 2.94. The molecule has 1 aliphatic rings. The number of carbonyl (C=O) groups is 1. The highest BCUT2D eigenvalue weighted by Gasteiger charge is 2.36. The minimum atomic E-state index is -0.638. The first-order valence-electron chi connectivity index (χ1n) is 7.87.